The number of benzene rings is 2. The van der Waals surface area contributed by atoms with Crippen LogP contribution in [0.2, 0.25) is 5.02 Å². The Balaban J connectivity index is 1.68. The average Bonchev–Trinajstić information content (AvgIpc) is 3.17. The second-order valence-corrected chi connectivity index (χ2v) is 7.44. The second kappa shape index (κ2) is 6.32. The van der Waals surface area contributed by atoms with Gasteiger partial charge < -0.3 is 4.98 Å². The molecule has 2 heterocycles. The number of rotatable bonds is 4. The molecule has 1 unspecified atom stereocenters. The minimum absolute atomic E-state index is 0.337. The lowest BCUT2D eigenvalue weighted by atomic mass is 10.1. The first kappa shape index (κ1) is 16.4. The maximum atomic E-state index is 12.8. The molecule has 1 fully saturated rings. The third kappa shape index (κ3) is 2.88. The summed E-state index contributed by atoms with van der Waals surface area (Å²) in [5, 5.41) is 1.90. The van der Waals surface area contributed by atoms with Crippen molar-refractivity contribution in [1.82, 2.24) is 9.47 Å². The van der Waals surface area contributed by atoms with E-state index in [1.807, 2.05) is 24.4 Å². The van der Waals surface area contributed by atoms with Crippen molar-refractivity contribution in [2.24, 2.45) is 0 Å². The fourth-order valence-corrected chi connectivity index (χ4v) is 4.21. The summed E-state index contributed by atoms with van der Waals surface area (Å²) < 4.78 is 0.467. The quantitative estimate of drug-likeness (QED) is 0.658. The van der Waals surface area contributed by atoms with Crippen LogP contribution in [-0.2, 0) is 11.2 Å². The topological polar surface area (TPSA) is 32.9 Å². The monoisotopic (exact) mass is 353 g/mol. The van der Waals surface area contributed by atoms with Crippen LogP contribution in [0, 0.1) is 6.92 Å². The second-order valence-electron chi connectivity index (χ2n) is 7.01. The fraction of sp³-hybridized carbons (Fsp3) is 0.286. The molecule has 1 atom stereocenters. The Kier molecular flexibility index (Phi) is 4.14. The van der Waals surface area contributed by atoms with Crippen molar-refractivity contribution in [1.29, 1.82) is 0 Å². The van der Waals surface area contributed by atoms with Gasteiger partial charge in [-0.1, -0.05) is 23.7 Å². The first-order valence-electron chi connectivity index (χ1n) is 8.82. The Morgan fingerprint density at radius 1 is 1.20 bits per heavy atom. The molecule has 3 nitrogen and oxygen atoms in total. The van der Waals surface area contributed by atoms with Gasteiger partial charge in [0.1, 0.15) is 5.69 Å². The molecule has 2 aromatic carbocycles. The Bertz CT molecular complexity index is 946. The summed E-state index contributed by atoms with van der Waals surface area (Å²) in [6.45, 7) is 3.77. The number of aryl methyl sites for hydroxylation is 1. The van der Waals surface area contributed by atoms with Gasteiger partial charge in [-0.05, 0) is 42.3 Å². The molecule has 1 amide bonds. The van der Waals surface area contributed by atoms with Gasteiger partial charge in [-0.2, -0.15) is 0 Å². The predicted octanol–water partition coefficient (Wildman–Crippen LogP) is 5.00. The number of quaternary nitrogens is 1. The van der Waals surface area contributed by atoms with Gasteiger partial charge in [0, 0.05) is 41.0 Å². The van der Waals surface area contributed by atoms with Gasteiger partial charge in [-0.15, -0.1) is 0 Å². The molecule has 0 saturated carbocycles. The van der Waals surface area contributed by atoms with Crippen molar-refractivity contribution in [2.75, 3.05) is 13.1 Å². The minimum atomic E-state index is 0.337. The molecule has 1 aliphatic heterocycles. The average molecular weight is 354 g/mol. The van der Waals surface area contributed by atoms with E-state index in [2.05, 4.69) is 36.2 Å². The first-order valence-corrected chi connectivity index (χ1v) is 9.19. The van der Waals surface area contributed by atoms with Crippen molar-refractivity contribution in [3.05, 3.63) is 64.8 Å². The number of carbonyl (C=O) groups is 1. The molecular weight excluding hydrogens is 332 g/mol. The summed E-state index contributed by atoms with van der Waals surface area (Å²) in [7, 11) is 0. The van der Waals surface area contributed by atoms with E-state index in [1.165, 1.54) is 11.1 Å². The highest BCUT2D eigenvalue weighted by atomic mass is 35.5. The van der Waals surface area contributed by atoms with Gasteiger partial charge in [0.2, 0.25) is 0 Å². The van der Waals surface area contributed by atoms with Gasteiger partial charge in [-0.3, -0.25) is 0 Å². The number of nitrogens with one attached hydrogen (secondary N) is 1. The molecule has 25 heavy (non-hydrogen) atoms. The lowest BCUT2D eigenvalue weighted by Crippen LogP contribution is -2.51. The van der Waals surface area contributed by atoms with Gasteiger partial charge in [0.15, 0.2) is 0 Å². The summed E-state index contributed by atoms with van der Waals surface area (Å²) in [4.78, 5) is 16.1. The minimum Gasteiger partial charge on any atom is -0.361 e. The van der Waals surface area contributed by atoms with Crippen LogP contribution in [-0.4, -0.2) is 24.0 Å². The number of hydrogen-bond acceptors (Lipinski definition) is 1. The predicted molar refractivity (Wildman–Crippen MR) is 104 cm³/mol. The van der Waals surface area contributed by atoms with E-state index in [0.717, 1.165) is 47.5 Å². The van der Waals surface area contributed by atoms with Crippen LogP contribution in [0.4, 0.5) is 5.69 Å². The van der Waals surface area contributed by atoms with Crippen LogP contribution in [0.1, 0.15) is 24.0 Å². The zero-order chi connectivity index (χ0) is 17.4. The maximum absolute atomic E-state index is 12.8. The van der Waals surface area contributed by atoms with E-state index in [9.17, 15) is 4.79 Å². The zero-order valence-electron chi connectivity index (χ0n) is 14.4. The number of H-pyrrole nitrogens is 1. The Hall–Kier alpha value is -2.10. The number of aromatic amines is 1. The van der Waals surface area contributed by atoms with E-state index in [1.54, 1.807) is 0 Å². The molecule has 4 heteroatoms. The van der Waals surface area contributed by atoms with E-state index in [-0.39, 0.29) is 0 Å². The lowest BCUT2D eigenvalue weighted by molar-refractivity contribution is -0.127. The van der Waals surface area contributed by atoms with Gasteiger partial charge in [0.05, 0.1) is 19.5 Å². The van der Waals surface area contributed by atoms with Crippen molar-refractivity contribution >= 4 is 34.1 Å². The highest BCUT2D eigenvalue weighted by Gasteiger charge is 2.43. The van der Waals surface area contributed by atoms with Crippen LogP contribution < -0.4 is 4.48 Å². The number of halogens is 1. The van der Waals surface area contributed by atoms with E-state index in [4.69, 9.17) is 11.6 Å². The molecule has 3 aromatic rings. The van der Waals surface area contributed by atoms with Crippen molar-refractivity contribution in [3.63, 3.8) is 0 Å². The molecule has 1 N–H and O–H groups in total. The summed E-state index contributed by atoms with van der Waals surface area (Å²) >= 11 is 6.17. The molecule has 4 rings (SSSR count). The molecule has 0 spiro atoms. The van der Waals surface area contributed by atoms with Crippen LogP contribution in [0.3, 0.4) is 0 Å². The Morgan fingerprint density at radius 3 is 2.84 bits per heavy atom. The van der Waals surface area contributed by atoms with Gasteiger partial charge in [0.25, 0.3) is 0 Å². The summed E-state index contributed by atoms with van der Waals surface area (Å²) in [6.07, 6.45) is 4.54. The molecule has 1 aliphatic rings. The van der Waals surface area contributed by atoms with Crippen LogP contribution in [0.5, 0.6) is 0 Å². The fourth-order valence-electron chi connectivity index (χ4n) is 4.04. The standard InChI is InChI=1S/C21H22ClN2O/c1-15-4-2-5-18(12-15)24(10-3-6-21(24)25)11-9-16-14-23-20-8-7-17(22)13-19(16)20/h2,4-5,7-8,12-14,23H,3,6,9-11H2,1H3/q+1. The van der Waals surface area contributed by atoms with Gasteiger partial charge >= 0.3 is 5.91 Å². The largest absolute Gasteiger partial charge is 0.361 e. The highest BCUT2D eigenvalue weighted by molar-refractivity contribution is 6.31. The summed E-state index contributed by atoms with van der Waals surface area (Å²) in [5.74, 6) is 0.337. The van der Waals surface area contributed by atoms with Crippen LogP contribution >= 0.6 is 11.6 Å². The van der Waals surface area contributed by atoms with Crippen molar-refractivity contribution in [2.45, 2.75) is 26.2 Å². The number of amides is 1. The third-order valence-electron chi connectivity index (χ3n) is 5.40. The number of hydrogen-bond donors (Lipinski definition) is 1. The smallest absolute Gasteiger partial charge is 0.318 e. The molecule has 0 aliphatic carbocycles. The number of aromatic nitrogens is 1. The molecule has 0 bridgehead atoms. The highest BCUT2D eigenvalue weighted by Crippen LogP contribution is 2.32. The number of nitrogens with zero attached hydrogens (tertiary/aromatic N) is 1. The van der Waals surface area contributed by atoms with E-state index < -0.39 is 0 Å². The first-order chi connectivity index (χ1) is 12.1. The zero-order valence-corrected chi connectivity index (χ0v) is 15.1. The maximum Gasteiger partial charge on any atom is 0.318 e. The molecule has 0 radical (unpaired) electrons. The number of fused-ring (bicyclic) bond motifs is 1. The lowest BCUT2D eigenvalue weighted by Gasteiger charge is -2.31. The van der Waals surface area contributed by atoms with E-state index in [0.29, 0.717) is 16.8 Å². The SMILES string of the molecule is Cc1cccc([N+]2(CCc3c[nH]c4ccc(Cl)cc34)CCCC2=O)c1. The molecular formula is C21H22ClN2O+. The van der Waals surface area contributed by atoms with Crippen molar-refractivity contribution < 1.29 is 4.79 Å². The Labute approximate surface area is 152 Å². The number of likely N-dealkylation sites (tertiary alicyclic amines) is 1. The van der Waals surface area contributed by atoms with Crippen LogP contribution in [0.15, 0.2) is 48.7 Å². The summed E-state index contributed by atoms with van der Waals surface area (Å²) in [6, 6.07) is 14.3. The normalized spacial score (nSPS) is 20.5. The number of carbonyl (C=O) groups excluding carboxylic acids is 1. The molecule has 1 saturated heterocycles. The summed E-state index contributed by atoms with van der Waals surface area (Å²) in [5.41, 5.74) is 4.64. The Morgan fingerprint density at radius 2 is 2.08 bits per heavy atom. The molecule has 128 valence electrons. The van der Waals surface area contributed by atoms with Crippen LogP contribution in [0.25, 0.3) is 10.9 Å². The third-order valence-corrected chi connectivity index (χ3v) is 5.63. The van der Waals surface area contributed by atoms with E-state index >= 15 is 0 Å². The van der Waals surface area contributed by atoms with Gasteiger partial charge in [-0.25, -0.2) is 9.28 Å². The van der Waals surface area contributed by atoms with Crippen molar-refractivity contribution in [3.8, 4) is 0 Å². The molecule has 1 aromatic heterocycles.